The molecule has 1 aromatic carbocycles. The van der Waals surface area contributed by atoms with Gasteiger partial charge >= 0.3 is 12.1 Å². The molecule has 1 fully saturated rings. The number of aliphatic carboxylic acids is 1. The van der Waals surface area contributed by atoms with Gasteiger partial charge in [0.05, 0.1) is 12.1 Å². The second kappa shape index (κ2) is 6.73. The average Bonchev–Trinajstić information content (AvgIpc) is 2.95. The number of hydrogen-bond donors (Lipinski definition) is 2. The quantitative estimate of drug-likeness (QED) is 0.861. The molecule has 1 heterocycles. The number of hydrogen-bond acceptors (Lipinski definition) is 3. The van der Waals surface area contributed by atoms with E-state index in [-0.39, 0.29) is 12.1 Å². The van der Waals surface area contributed by atoms with Crippen molar-refractivity contribution in [2.45, 2.75) is 31.5 Å². The third-order valence-electron chi connectivity index (χ3n) is 4.28. The lowest BCUT2D eigenvalue weighted by Gasteiger charge is -2.31. The number of halogens is 3. The van der Waals surface area contributed by atoms with Crippen molar-refractivity contribution in [2.24, 2.45) is 0 Å². The molecule has 1 atom stereocenters. The van der Waals surface area contributed by atoms with Gasteiger partial charge in [-0.3, -0.25) is 9.59 Å². The third-order valence-corrected chi connectivity index (χ3v) is 4.28. The van der Waals surface area contributed by atoms with Crippen LogP contribution in [0.15, 0.2) is 24.3 Å². The van der Waals surface area contributed by atoms with E-state index in [4.69, 9.17) is 0 Å². The van der Waals surface area contributed by atoms with Crippen LogP contribution in [0.4, 0.5) is 13.2 Å². The lowest BCUT2D eigenvalue weighted by atomic mass is 9.99. The molecule has 0 aromatic heterocycles. The van der Waals surface area contributed by atoms with Crippen LogP contribution in [0.3, 0.4) is 0 Å². The number of carboxylic acid groups (broad SMARTS) is 1. The Hall–Kier alpha value is -2.58. The molecule has 2 N–H and O–H groups in total. The molecule has 9 heteroatoms. The maximum Gasteiger partial charge on any atom is 0.416 e. The highest BCUT2D eigenvalue weighted by Crippen LogP contribution is 2.30. The summed E-state index contributed by atoms with van der Waals surface area (Å²) in [7, 11) is 0. The van der Waals surface area contributed by atoms with Gasteiger partial charge in [0.15, 0.2) is 0 Å². The van der Waals surface area contributed by atoms with Crippen LogP contribution < -0.4 is 5.32 Å². The number of rotatable bonds is 4. The number of nitrogens with one attached hydrogen (secondary N) is 1. The molecule has 1 unspecified atom stereocenters. The summed E-state index contributed by atoms with van der Waals surface area (Å²) in [5.74, 6) is -2.38. The standard InChI is InChI=1S/C16H17F3N2O4/c1-15(14(24)25)7-2-8-21(15)12(22)9-20-13(23)10-3-5-11(6-4-10)16(17,18)19/h3-6H,2,7-9H2,1H3,(H,20,23)(H,24,25). The topological polar surface area (TPSA) is 86.7 Å². The van der Waals surface area contributed by atoms with Crippen molar-refractivity contribution < 1.29 is 32.7 Å². The first-order valence-corrected chi connectivity index (χ1v) is 7.55. The Morgan fingerprint density at radius 3 is 2.36 bits per heavy atom. The second-order valence-electron chi connectivity index (χ2n) is 5.99. The minimum absolute atomic E-state index is 0.0248. The minimum atomic E-state index is -4.50. The molecule has 1 aromatic rings. The highest BCUT2D eigenvalue weighted by atomic mass is 19.4. The maximum atomic E-state index is 12.5. The van der Waals surface area contributed by atoms with Gasteiger partial charge in [-0.1, -0.05) is 0 Å². The van der Waals surface area contributed by atoms with E-state index in [9.17, 15) is 32.7 Å². The number of likely N-dealkylation sites (tertiary alicyclic amines) is 1. The van der Waals surface area contributed by atoms with E-state index in [1.807, 2.05) is 0 Å². The molecule has 1 saturated heterocycles. The fourth-order valence-electron chi connectivity index (χ4n) is 2.75. The van der Waals surface area contributed by atoms with Gasteiger partial charge in [0.2, 0.25) is 5.91 Å². The molecule has 2 rings (SSSR count). The normalized spacial score (nSPS) is 20.4. The van der Waals surface area contributed by atoms with Crippen molar-refractivity contribution in [3.63, 3.8) is 0 Å². The van der Waals surface area contributed by atoms with Gasteiger partial charge in [-0.2, -0.15) is 13.2 Å². The number of amides is 2. The summed E-state index contributed by atoms with van der Waals surface area (Å²) in [4.78, 5) is 36.7. The van der Waals surface area contributed by atoms with Gasteiger partial charge < -0.3 is 15.3 Å². The van der Waals surface area contributed by atoms with Crippen LogP contribution in [0.1, 0.15) is 35.7 Å². The summed E-state index contributed by atoms with van der Waals surface area (Å²) in [5.41, 5.74) is -2.21. The van der Waals surface area contributed by atoms with Gasteiger partial charge in [-0.05, 0) is 44.0 Å². The zero-order chi connectivity index (χ0) is 18.8. The van der Waals surface area contributed by atoms with Crippen molar-refractivity contribution >= 4 is 17.8 Å². The van der Waals surface area contributed by atoms with Crippen LogP contribution in [0.25, 0.3) is 0 Å². The smallest absolute Gasteiger partial charge is 0.416 e. The van der Waals surface area contributed by atoms with Crippen molar-refractivity contribution in [3.05, 3.63) is 35.4 Å². The number of carbonyl (C=O) groups is 3. The first kappa shape index (κ1) is 18.8. The lowest BCUT2D eigenvalue weighted by molar-refractivity contribution is -0.154. The second-order valence-corrected chi connectivity index (χ2v) is 5.99. The minimum Gasteiger partial charge on any atom is -0.480 e. The molecule has 0 aliphatic carbocycles. The van der Waals surface area contributed by atoms with Crippen LogP contribution in [0.2, 0.25) is 0 Å². The monoisotopic (exact) mass is 358 g/mol. The number of benzene rings is 1. The van der Waals surface area contributed by atoms with Crippen LogP contribution in [-0.2, 0) is 15.8 Å². The predicted octanol–water partition coefficient (Wildman–Crippen LogP) is 1.90. The zero-order valence-electron chi connectivity index (χ0n) is 13.4. The highest BCUT2D eigenvalue weighted by Gasteiger charge is 2.45. The summed E-state index contributed by atoms with van der Waals surface area (Å²) >= 11 is 0. The number of carboxylic acids is 1. The van der Waals surface area contributed by atoms with E-state index in [1.165, 1.54) is 11.8 Å². The SMILES string of the molecule is CC1(C(=O)O)CCCN1C(=O)CNC(=O)c1ccc(C(F)(F)F)cc1. The molecule has 25 heavy (non-hydrogen) atoms. The van der Waals surface area contributed by atoms with Gasteiger partial charge in [-0.15, -0.1) is 0 Å². The fraction of sp³-hybridized carbons (Fsp3) is 0.438. The Kier molecular flexibility index (Phi) is 5.05. The molecule has 0 spiro atoms. The van der Waals surface area contributed by atoms with E-state index in [2.05, 4.69) is 5.32 Å². The first-order chi connectivity index (χ1) is 11.6. The van der Waals surface area contributed by atoms with E-state index in [0.29, 0.717) is 12.8 Å². The molecule has 2 amide bonds. The van der Waals surface area contributed by atoms with Gasteiger partial charge in [0, 0.05) is 12.1 Å². The Labute approximate surface area is 141 Å². The van der Waals surface area contributed by atoms with E-state index >= 15 is 0 Å². The third kappa shape index (κ3) is 3.92. The van der Waals surface area contributed by atoms with Gasteiger partial charge in [-0.25, -0.2) is 4.79 Å². The largest absolute Gasteiger partial charge is 0.480 e. The number of nitrogens with zero attached hydrogens (tertiary/aromatic N) is 1. The maximum absolute atomic E-state index is 12.5. The highest BCUT2D eigenvalue weighted by molar-refractivity contribution is 5.97. The van der Waals surface area contributed by atoms with Crippen LogP contribution in [0.5, 0.6) is 0 Å². The van der Waals surface area contributed by atoms with Crippen molar-refractivity contribution in [1.82, 2.24) is 10.2 Å². The summed E-state index contributed by atoms with van der Waals surface area (Å²) in [5, 5.41) is 11.6. The van der Waals surface area contributed by atoms with Gasteiger partial charge in [0.1, 0.15) is 5.54 Å². The Morgan fingerprint density at radius 2 is 1.84 bits per heavy atom. The molecular weight excluding hydrogens is 341 g/mol. The molecular formula is C16H17F3N2O4. The number of alkyl halides is 3. The van der Waals surface area contributed by atoms with Crippen molar-refractivity contribution in [1.29, 1.82) is 0 Å². The fourth-order valence-corrected chi connectivity index (χ4v) is 2.75. The van der Waals surface area contributed by atoms with Crippen LogP contribution in [0, 0.1) is 0 Å². The molecule has 1 aliphatic heterocycles. The van der Waals surface area contributed by atoms with Crippen molar-refractivity contribution in [2.75, 3.05) is 13.1 Å². The molecule has 0 saturated carbocycles. The number of carbonyl (C=O) groups excluding carboxylic acids is 2. The van der Waals surface area contributed by atoms with Crippen LogP contribution >= 0.6 is 0 Å². The summed E-state index contributed by atoms with van der Waals surface area (Å²) in [6.07, 6.45) is -3.63. The zero-order valence-corrected chi connectivity index (χ0v) is 13.4. The average molecular weight is 358 g/mol. The van der Waals surface area contributed by atoms with E-state index in [1.54, 1.807) is 0 Å². The van der Waals surface area contributed by atoms with Crippen LogP contribution in [-0.4, -0.2) is 46.4 Å². The van der Waals surface area contributed by atoms with E-state index < -0.39 is 41.6 Å². The molecule has 6 nitrogen and oxygen atoms in total. The Bertz CT molecular complexity index is 688. The van der Waals surface area contributed by atoms with Gasteiger partial charge in [0.25, 0.3) is 5.91 Å². The summed E-state index contributed by atoms with van der Waals surface area (Å²) < 4.78 is 37.5. The van der Waals surface area contributed by atoms with E-state index in [0.717, 1.165) is 24.3 Å². The Morgan fingerprint density at radius 1 is 1.24 bits per heavy atom. The Balaban J connectivity index is 1.98. The van der Waals surface area contributed by atoms with Crippen molar-refractivity contribution in [3.8, 4) is 0 Å². The predicted molar refractivity (Wildman–Crippen MR) is 80.8 cm³/mol. The molecule has 136 valence electrons. The lowest BCUT2D eigenvalue weighted by Crippen LogP contribution is -2.53. The summed E-state index contributed by atoms with van der Waals surface area (Å²) in [6.45, 7) is 1.29. The molecule has 1 aliphatic rings. The first-order valence-electron chi connectivity index (χ1n) is 7.55. The summed E-state index contributed by atoms with van der Waals surface area (Å²) in [6, 6.07) is 3.58. The molecule has 0 bridgehead atoms. The molecule has 0 radical (unpaired) electrons.